The molecule has 4 rings (SSSR count). The number of carbonyl (C=O) groups is 1. The summed E-state index contributed by atoms with van der Waals surface area (Å²) in [4.78, 5) is 30.4. The van der Waals surface area contributed by atoms with Crippen LogP contribution in [0.4, 0.5) is 0 Å². The smallest absolute Gasteiger partial charge is 0.290 e. The van der Waals surface area contributed by atoms with Gasteiger partial charge in [0, 0.05) is 24.2 Å². The number of nitrogens with zero attached hydrogens (tertiary/aromatic N) is 2. The van der Waals surface area contributed by atoms with Gasteiger partial charge in [-0.15, -0.1) is 0 Å². The van der Waals surface area contributed by atoms with E-state index in [1.54, 1.807) is 35.2 Å². The van der Waals surface area contributed by atoms with E-state index in [1.807, 2.05) is 38.1 Å². The molecule has 1 aromatic heterocycles. The number of ether oxygens (including phenoxy) is 1. The van der Waals surface area contributed by atoms with Gasteiger partial charge >= 0.3 is 0 Å². The fourth-order valence-electron chi connectivity index (χ4n) is 3.79. The molecule has 1 aliphatic heterocycles. The Morgan fingerprint density at radius 2 is 1.87 bits per heavy atom. The van der Waals surface area contributed by atoms with Gasteiger partial charge in [-0.05, 0) is 50.8 Å². The number of hydrogen-bond donors (Lipinski definition) is 0. The van der Waals surface area contributed by atoms with Crippen molar-refractivity contribution in [3.63, 3.8) is 0 Å². The Kier molecular flexibility index (Phi) is 5.54. The molecule has 7 heteroatoms. The van der Waals surface area contributed by atoms with E-state index in [9.17, 15) is 9.59 Å². The van der Waals surface area contributed by atoms with Crippen molar-refractivity contribution in [3.8, 4) is 5.75 Å². The van der Waals surface area contributed by atoms with Crippen molar-refractivity contribution in [1.82, 2.24) is 9.80 Å². The number of fused-ring (bicyclic) bond motifs is 2. The van der Waals surface area contributed by atoms with E-state index in [0.717, 1.165) is 5.56 Å². The molecule has 0 fully saturated rings. The Labute approximate surface area is 179 Å². The van der Waals surface area contributed by atoms with Crippen LogP contribution in [-0.2, 0) is 0 Å². The third kappa shape index (κ3) is 3.57. The van der Waals surface area contributed by atoms with E-state index < -0.39 is 6.04 Å². The van der Waals surface area contributed by atoms with Crippen LogP contribution in [-0.4, -0.2) is 49.5 Å². The van der Waals surface area contributed by atoms with Crippen LogP contribution in [0, 0.1) is 0 Å². The highest BCUT2D eigenvalue weighted by Gasteiger charge is 2.42. The Hall–Kier alpha value is -2.83. The Bertz CT molecular complexity index is 1150. The topological polar surface area (TPSA) is 63.0 Å². The van der Waals surface area contributed by atoms with E-state index in [1.165, 1.54) is 0 Å². The minimum absolute atomic E-state index is 0.0971. The van der Waals surface area contributed by atoms with Gasteiger partial charge in [-0.1, -0.05) is 23.7 Å². The lowest BCUT2D eigenvalue weighted by Gasteiger charge is -2.26. The van der Waals surface area contributed by atoms with Crippen molar-refractivity contribution in [1.29, 1.82) is 0 Å². The third-order valence-corrected chi connectivity index (χ3v) is 5.48. The molecule has 156 valence electrons. The molecule has 1 unspecified atom stereocenters. The predicted molar refractivity (Wildman–Crippen MR) is 117 cm³/mol. The Balaban J connectivity index is 1.90. The summed E-state index contributed by atoms with van der Waals surface area (Å²) in [7, 11) is 3.88. The molecule has 0 saturated carbocycles. The van der Waals surface area contributed by atoms with Crippen molar-refractivity contribution in [2.75, 3.05) is 33.8 Å². The van der Waals surface area contributed by atoms with Crippen LogP contribution in [0.1, 0.15) is 34.6 Å². The van der Waals surface area contributed by atoms with Crippen LogP contribution in [0.25, 0.3) is 11.0 Å². The van der Waals surface area contributed by atoms with Gasteiger partial charge < -0.3 is 19.0 Å². The zero-order valence-corrected chi connectivity index (χ0v) is 17.9. The maximum atomic E-state index is 13.5. The van der Waals surface area contributed by atoms with Crippen LogP contribution in [0.15, 0.2) is 51.7 Å². The number of hydrogen-bond acceptors (Lipinski definition) is 5. The van der Waals surface area contributed by atoms with Crippen molar-refractivity contribution >= 4 is 28.5 Å². The lowest BCUT2D eigenvalue weighted by Crippen LogP contribution is -2.35. The molecule has 0 spiro atoms. The van der Waals surface area contributed by atoms with Crippen molar-refractivity contribution in [2.24, 2.45) is 0 Å². The molecular formula is C23H23ClN2O4. The summed E-state index contributed by atoms with van der Waals surface area (Å²) < 4.78 is 11.5. The van der Waals surface area contributed by atoms with Crippen molar-refractivity contribution < 1.29 is 13.9 Å². The van der Waals surface area contributed by atoms with Gasteiger partial charge in [0.25, 0.3) is 5.91 Å². The summed E-state index contributed by atoms with van der Waals surface area (Å²) in [6.45, 7) is 3.50. The molecule has 6 nitrogen and oxygen atoms in total. The minimum atomic E-state index is -0.517. The quantitative estimate of drug-likeness (QED) is 0.597. The summed E-state index contributed by atoms with van der Waals surface area (Å²) in [5.41, 5.74) is 1.35. The first-order valence-corrected chi connectivity index (χ1v) is 10.2. The number of carbonyl (C=O) groups excluding carboxylic acids is 1. The monoisotopic (exact) mass is 426 g/mol. The lowest BCUT2D eigenvalue weighted by molar-refractivity contribution is 0.0716. The lowest BCUT2D eigenvalue weighted by atomic mass is 9.98. The highest BCUT2D eigenvalue weighted by atomic mass is 35.5. The number of halogens is 1. The number of likely N-dealkylation sites (N-methyl/N-ethyl adjacent to an activating group) is 1. The van der Waals surface area contributed by atoms with E-state index in [4.69, 9.17) is 20.8 Å². The van der Waals surface area contributed by atoms with Gasteiger partial charge in [-0.2, -0.15) is 0 Å². The summed E-state index contributed by atoms with van der Waals surface area (Å²) in [5.74, 6) is 0.407. The Morgan fingerprint density at radius 1 is 1.13 bits per heavy atom. The molecule has 1 aliphatic rings. The molecule has 2 heterocycles. The predicted octanol–water partition coefficient (Wildman–Crippen LogP) is 3.95. The summed E-state index contributed by atoms with van der Waals surface area (Å²) in [5, 5.41) is 1.02. The zero-order valence-electron chi connectivity index (χ0n) is 17.1. The van der Waals surface area contributed by atoms with Crippen LogP contribution >= 0.6 is 11.6 Å². The molecule has 0 bridgehead atoms. The largest absolute Gasteiger partial charge is 0.494 e. The van der Waals surface area contributed by atoms with Gasteiger partial charge in [-0.3, -0.25) is 9.59 Å². The second-order valence-electron chi connectivity index (χ2n) is 7.52. The maximum absolute atomic E-state index is 13.5. The van der Waals surface area contributed by atoms with E-state index in [2.05, 4.69) is 0 Å². The second-order valence-corrected chi connectivity index (χ2v) is 7.96. The summed E-state index contributed by atoms with van der Waals surface area (Å²) >= 11 is 6.06. The molecule has 30 heavy (non-hydrogen) atoms. The molecule has 0 radical (unpaired) electrons. The Morgan fingerprint density at radius 3 is 2.53 bits per heavy atom. The standard InChI is InChI=1S/C23H23ClN2O4/c1-4-29-16-9-10-17-18(13-16)30-22-19(21(17)27)20(14-5-7-15(24)8-6-14)26(23(22)28)12-11-25(2)3/h5-10,13,20H,4,11-12H2,1-3H3. The molecule has 2 aromatic carbocycles. The van der Waals surface area contributed by atoms with Gasteiger partial charge in [0.15, 0.2) is 5.43 Å². The van der Waals surface area contributed by atoms with E-state index in [0.29, 0.717) is 47.0 Å². The molecule has 0 aliphatic carbocycles. The van der Waals surface area contributed by atoms with E-state index in [-0.39, 0.29) is 17.1 Å². The van der Waals surface area contributed by atoms with Crippen molar-refractivity contribution in [3.05, 3.63) is 74.6 Å². The van der Waals surface area contributed by atoms with Crippen molar-refractivity contribution in [2.45, 2.75) is 13.0 Å². The number of rotatable bonds is 6. The minimum Gasteiger partial charge on any atom is -0.494 e. The molecule has 1 atom stereocenters. The first kappa shape index (κ1) is 20.4. The number of benzene rings is 2. The first-order valence-electron chi connectivity index (χ1n) is 9.85. The van der Waals surface area contributed by atoms with Crippen LogP contribution in [0.3, 0.4) is 0 Å². The first-order chi connectivity index (χ1) is 14.4. The fraction of sp³-hybridized carbons (Fsp3) is 0.304. The highest BCUT2D eigenvalue weighted by Crippen LogP contribution is 2.38. The van der Waals surface area contributed by atoms with Gasteiger partial charge in [0.05, 0.1) is 23.6 Å². The normalized spacial score (nSPS) is 15.8. The second kappa shape index (κ2) is 8.13. The summed E-state index contributed by atoms with van der Waals surface area (Å²) in [6.07, 6.45) is 0. The average Bonchev–Trinajstić information content (AvgIpc) is 2.99. The number of amides is 1. The van der Waals surface area contributed by atoms with Gasteiger partial charge in [-0.25, -0.2) is 0 Å². The van der Waals surface area contributed by atoms with Crippen LogP contribution in [0.5, 0.6) is 5.75 Å². The molecule has 3 aromatic rings. The molecule has 1 amide bonds. The average molecular weight is 427 g/mol. The fourth-order valence-corrected chi connectivity index (χ4v) is 3.91. The van der Waals surface area contributed by atoms with Gasteiger partial charge in [0.2, 0.25) is 5.76 Å². The molecule has 0 saturated heterocycles. The SMILES string of the molecule is CCOc1ccc2c(=O)c3c(oc2c1)C(=O)N(CCN(C)C)C3c1ccc(Cl)cc1. The zero-order chi connectivity index (χ0) is 21.4. The van der Waals surface area contributed by atoms with E-state index >= 15 is 0 Å². The molecular weight excluding hydrogens is 404 g/mol. The van der Waals surface area contributed by atoms with Gasteiger partial charge in [0.1, 0.15) is 11.3 Å². The summed E-state index contributed by atoms with van der Waals surface area (Å²) in [6, 6.07) is 11.8. The molecule has 0 N–H and O–H groups in total. The third-order valence-electron chi connectivity index (χ3n) is 5.22. The maximum Gasteiger partial charge on any atom is 0.290 e. The van der Waals surface area contributed by atoms with Crippen LogP contribution in [0.2, 0.25) is 5.02 Å². The van der Waals surface area contributed by atoms with Crippen LogP contribution < -0.4 is 10.2 Å². The highest BCUT2D eigenvalue weighted by molar-refractivity contribution is 6.30.